The first kappa shape index (κ1) is 12.8. The number of amides is 1. The number of carbonyl (C=O) groups excluding carboxylic acids is 1. The van der Waals surface area contributed by atoms with E-state index in [1.54, 1.807) is 12.3 Å². The summed E-state index contributed by atoms with van der Waals surface area (Å²) in [5, 5.41) is 16.8. The molecule has 1 fully saturated rings. The van der Waals surface area contributed by atoms with Crippen molar-refractivity contribution in [2.75, 3.05) is 5.32 Å². The van der Waals surface area contributed by atoms with E-state index in [4.69, 9.17) is 5.11 Å². The van der Waals surface area contributed by atoms with Crippen LogP contribution >= 0.6 is 11.3 Å². The summed E-state index contributed by atoms with van der Waals surface area (Å²) in [6.45, 7) is 1.76. The Balaban J connectivity index is 1.85. The van der Waals surface area contributed by atoms with E-state index in [1.807, 2.05) is 0 Å². The highest BCUT2D eigenvalue weighted by atomic mass is 32.1. The lowest BCUT2D eigenvalue weighted by molar-refractivity contribution is -0.136. The maximum absolute atomic E-state index is 11.7. The Kier molecular flexibility index (Phi) is 3.81. The van der Waals surface area contributed by atoms with Gasteiger partial charge in [0.25, 0.3) is 0 Å². The van der Waals surface area contributed by atoms with Crippen molar-refractivity contribution in [2.45, 2.75) is 38.3 Å². The molecule has 1 aromatic rings. The number of hydrogen-bond donors (Lipinski definition) is 3. The van der Waals surface area contributed by atoms with E-state index >= 15 is 0 Å². The first-order valence-electron chi connectivity index (χ1n) is 5.77. The predicted molar refractivity (Wildman–Crippen MR) is 67.7 cm³/mol. The summed E-state index contributed by atoms with van der Waals surface area (Å²) in [5.41, 5.74) is 0.504. The van der Waals surface area contributed by atoms with Gasteiger partial charge in [0.1, 0.15) is 6.04 Å². The number of rotatable bonds is 6. The standard InChI is InChI=1S/C11H15N3O3S/c1-6(10(17)13-7-2-3-7)12-11-14-8(5-18-11)4-9(15)16/h5-7H,2-4H2,1H3,(H,12,14)(H,13,17)(H,15,16). The first-order valence-corrected chi connectivity index (χ1v) is 6.65. The van der Waals surface area contributed by atoms with Crippen LogP contribution in [0.2, 0.25) is 0 Å². The summed E-state index contributed by atoms with van der Waals surface area (Å²) in [6, 6.07) is -0.0324. The van der Waals surface area contributed by atoms with Crippen LogP contribution in [0.4, 0.5) is 5.13 Å². The Labute approximate surface area is 108 Å². The lowest BCUT2D eigenvalue weighted by Gasteiger charge is -2.12. The van der Waals surface area contributed by atoms with Crippen LogP contribution in [-0.4, -0.2) is 34.1 Å². The largest absolute Gasteiger partial charge is 0.481 e. The molecule has 1 saturated carbocycles. The number of carbonyl (C=O) groups is 2. The summed E-state index contributed by atoms with van der Waals surface area (Å²) in [7, 11) is 0. The summed E-state index contributed by atoms with van der Waals surface area (Å²) in [6.07, 6.45) is 2.01. The molecule has 98 valence electrons. The minimum atomic E-state index is -0.911. The molecule has 0 aliphatic heterocycles. The quantitative estimate of drug-likeness (QED) is 0.712. The smallest absolute Gasteiger partial charge is 0.309 e. The van der Waals surface area contributed by atoms with Gasteiger partial charge in [-0.05, 0) is 19.8 Å². The van der Waals surface area contributed by atoms with Crippen molar-refractivity contribution in [1.82, 2.24) is 10.3 Å². The van der Waals surface area contributed by atoms with E-state index in [0.717, 1.165) is 12.8 Å². The van der Waals surface area contributed by atoms with Crippen molar-refractivity contribution in [3.05, 3.63) is 11.1 Å². The molecule has 3 N–H and O–H groups in total. The van der Waals surface area contributed by atoms with Gasteiger partial charge in [-0.1, -0.05) is 0 Å². The van der Waals surface area contributed by atoms with Crippen molar-refractivity contribution in [2.24, 2.45) is 0 Å². The van der Waals surface area contributed by atoms with Crippen LogP contribution in [0.5, 0.6) is 0 Å². The van der Waals surface area contributed by atoms with Gasteiger partial charge in [-0.3, -0.25) is 9.59 Å². The Morgan fingerprint density at radius 1 is 1.61 bits per heavy atom. The highest BCUT2D eigenvalue weighted by Gasteiger charge is 2.25. The van der Waals surface area contributed by atoms with Gasteiger partial charge in [-0.15, -0.1) is 11.3 Å². The number of aliphatic carboxylic acids is 1. The third kappa shape index (κ3) is 3.69. The number of aromatic nitrogens is 1. The monoisotopic (exact) mass is 269 g/mol. The molecule has 0 spiro atoms. The van der Waals surface area contributed by atoms with Gasteiger partial charge in [-0.2, -0.15) is 0 Å². The van der Waals surface area contributed by atoms with E-state index in [1.165, 1.54) is 11.3 Å². The molecule has 2 rings (SSSR count). The lowest BCUT2D eigenvalue weighted by Crippen LogP contribution is -2.38. The molecule has 6 nitrogen and oxygen atoms in total. The zero-order valence-electron chi connectivity index (χ0n) is 9.97. The Hall–Kier alpha value is -1.63. The highest BCUT2D eigenvalue weighted by molar-refractivity contribution is 7.13. The van der Waals surface area contributed by atoms with Crippen LogP contribution in [0.1, 0.15) is 25.5 Å². The summed E-state index contributed by atoms with van der Waals surface area (Å²) in [5.74, 6) is -0.959. The SMILES string of the molecule is CC(Nc1nc(CC(=O)O)cs1)C(=O)NC1CC1. The van der Waals surface area contributed by atoms with Crippen LogP contribution < -0.4 is 10.6 Å². The van der Waals surface area contributed by atoms with Gasteiger partial charge in [0.2, 0.25) is 5.91 Å². The molecule has 1 aromatic heterocycles. The van der Waals surface area contributed by atoms with Crippen molar-refractivity contribution in [1.29, 1.82) is 0 Å². The highest BCUT2D eigenvalue weighted by Crippen LogP contribution is 2.20. The number of carboxylic acid groups (broad SMARTS) is 1. The molecule has 7 heteroatoms. The average molecular weight is 269 g/mol. The molecular formula is C11H15N3O3S. The normalized spacial score (nSPS) is 16.1. The molecule has 18 heavy (non-hydrogen) atoms. The summed E-state index contributed by atoms with van der Waals surface area (Å²) in [4.78, 5) is 26.3. The molecule has 0 saturated heterocycles. The van der Waals surface area contributed by atoms with Gasteiger partial charge in [0, 0.05) is 11.4 Å². The predicted octanol–water partition coefficient (Wildman–Crippen LogP) is 0.849. The van der Waals surface area contributed by atoms with Gasteiger partial charge in [-0.25, -0.2) is 4.98 Å². The fourth-order valence-corrected chi connectivity index (χ4v) is 2.21. The minimum Gasteiger partial charge on any atom is -0.481 e. The molecular weight excluding hydrogens is 254 g/mol. The topological polar surface area (TPSA) is 91.3 Å². The van der Waals surface area contributed by atoms with Gasteiger partial charge >= 0.3 is 5.97 Å². The van der Waals surface area contributed by atoms with Crippen molar-refractivity contribution in [3.8, 4) is 0 Å². The van der Waals surface area contributed by atoms with Crippen LogP contribution in [-0.2, 0) is 16.0 Å². The second kappa shape index (κ2) is 5.34. The third-order valence-corrected chi connectivity index (χ3v) is 3.36. The van der Waals surface area contributed by atoms with Gasteiger partial charge < -0.3 is 15.7 Å². The van der Waals surface area contributed by atoms with Crippen molar-refractivity contribution < 1.29 is 14.7 Å². The van der Waals surface area contributed by atoms with Crippen LogP contribution in [0.3, 0.4) is 0 Å². The van der Waals surface area contributed by atoms with Crippen molar-refractivity contribution in [3.63, 3.8) is 0 Å². The van der Waals surface area contributed by atoms with Gasteiger partial charge in [0.15, 0.2) is 5.13 Å². The Morgan fingerprint density at radius 2 is 2.33 bits per heavy atom. The minimum absolute atomic E-state index is 0.0486. The maximum atomic E-state index is 11.7. The fourth-order valence-electron chi connectivity index (χ4n) is 1.41. The molecule has 0 radical (unpaired) electrons. The number of carboxylic acids is 1. The first-order chi connectivity index (χ1) is 8.54. The zero-order valence-corrected chi connectivity index (χ0v) is 10.8. The molecule has 1 amide bonds. The lowest BCUT2D eigenvalue weighted by atomic mass is 10.3. The Morgan fingerprint density at radius 3 is 2.94 bits per heavy atom. The van der Waals surface area contributed by atoms with E-state index in [9.17, 15) is 9.59 Å². The molecule has 1 unspecified atom stereocenters. The van der Waals surface area contributed by atoms with E-state index in [-0.39, 0.29) is 18.4 Å². The van der Waals surface area contributed by atoms with Crippen LogP contribution in [0.25, 0.3) is 0 Å². The molecule has 1 aliphatic carbocycles. The number of anilines is 1. The van der Waals surface area contributed by atoms with E-state index in [2.05, 4.69) is 15.6 Å². The number of nitrogens with one attached hydrogen (secondary N) is 2. The fraction of sp³-hybridized carbons (Fsp3) is 0.545. The molecule has 1 atom stereocenters. The zero-order chi connectivity index (χ0) is 13.1. The van der Waals surface area contributed by atoms with Gasteiger partial charge in [0.05, 0.1) is 12.1 Å². The van der Waals surface area contributed by atoms with E-state index < -0.39 is 5.97 Å². The summed E-state index contributed by atoms with van der Waals surface area (Å²) < 4.78 is 0. The van der Waals surface area contributed by atoms with Crippen molar-refractivity contribution >= 4 is 28.3 Å². The van der Waals surface area contributed by atoms with E-state index in [0.29, 0.717) is 16.9 Å². The Bertz CT molecular complexity index is 456. The maximum Gasteiger partial charge on any atom is 0.309 e. The second-order valence-electron chi connectivity index (χ2n) is 4.36. The third-order valence-electron chi connectivity index (χ3n) is 2.54. The second-order valence-corrected chi connectivity index (χ2v) is 5.22. The average Bonchev–Trinajstić information content (AvgIpc) is 2.99. The number of hydrogen-bond acceptors (Lipinski definition) is 5. The molecule has 1 aliphatic rings. The number of thiazole rings is 1. The van der Waals surface area contributed by atoms with Crippen LogP contribution in [0.15, 0.2) is 5.38 Å². The molecule has 0 bridgehead atoms. The number of nitrogens with zero attached hydrogens (tertiary/aromatic N) is 1. The molecule has 0 aromatic carbocycles. The van der Waals surface area contributed by atoms with Crippen LogP contribution in [0, 0.1) is 0 Å². The summed E-state index contributed by atoms with van der Waals surface area (Å²) >= 11 is 1.31. The molecule has 1 heterocycles.